The molecule has 0 aromatic heterocycles. The van der Waals surface area contributed by atoms with E-state index in [0.29, 0.717) is 6.61 Å². The van der Waals surface area contributed by atoms with Crippen LogP contribution in [0.3, 0.4) is 0 Å². The Labute approximate surface area is 124 Å². The van der Waals surface area contributed by atoms with Crippen LogP contribution in [0.2, 0.25) is 0 Å². The van der Waals surface area contributed by atoms with Gasteiger partial charge in [-0.3, -0.25) is 9.59 Å². The molecule has 0 saturated carbocycles. The molecule has 0 saturated heterocycles. The number of benzene rings is 1. The summed E-state index contributed by atoms with van der Waals surface area (Å²) < 4.78 is 10.0. The number of hydrogen-bond acceptors (Lipinski definition) is 5. The van der Waals surface area contributed by atoms with Crippen LogP contribution in [0.4, 0.5) is 0 Å². The minimum Gasteiger partial charge on any atom is -0.469 e. The summed E-state index contributed by atoms with van der Waals surface area (Å²) in [4.78, 5) is 22.9. The summed E-state index contributed by atoms with van der Waals surface area (Å²) in [7, 11) is 1.22. The number of carbonyl (C=O) groups excluding carboxylic acids is 2. The molecule has 0 amide bonds. The molecule has 0 aliphatic rings. The Kier molecular flexibility index (Phi) is 7.05. The smallest absolute Gasteiger partial charge is 0.313 e. The fourth-order valence-corrected chi connectivity index (χ4v) is 1.87. The highest BCUT2D eigenvalue weighted by Crippen LogP contribution is 2.15. The summed E-state index contributed by atoms with van der Waals surface area (Å²) in [6.45, 7) is 3.64. The molecule has 5 heteroatoms. The average molecular weight is 294 g/mol. The van der Waals surface area contributed by atoms with Gasteiger partial charge < -0.3 is 14.6 Å². The van der Waals surface area contributed by atoms with Crippen LogP contribution in [0, 0.1) is 5.92 Å². The number of rotatable bonds is 8. The van der Waals surface area contributed by atoms with Gasteiger partial charge in [0.25, 0.3) is 0 Å². The Morgan fingerprint density at radius 3 is 2.38 bits per heavy atom. The zero-order valence-corrected chi connectivity index (χ0v) is 12.6. The summed E-state index contributed by atoms with van der Waals surface area (Å²) in [6.07, 6.45) is -1.81. The van der Waals surface area contributed by atoms with Crippen molar-refractivity contribution in [2.45, 2.75) is 39.1 Å². The van der Waals surface area contributed by atoms with E-state index in [-0.39, 0.29) is 12.2 Å². The number of Topliss-reactive ketones (excluding diaryl/α,β-unsaturated/α-hetero) is 1. The topological polar surface area (TPSA) is 72.8 Å². The van der Waals surface area contributed by atoms with Crippen LogP contribution in [0.15, 0.2) is 30.3 Å². The summed E-state index contributed by atoms with van der Waals surface area (Å²) in [5, 5.41) is 10.1. The lowest BCUT2D eigenvalue weighted by Gasteiger charge is -2.24. The number of ketones is 1. The van der Waals surface area contributed by atoms with Gasteiger partial charge in [-0.25, -0.2) is 0 Å². The molecule has 3 atom stereocenters. The highest BCUT2D eigenvalue weighted by molar-refractivity contribution is 5.96. The van der Waals surface area contributed by atoms with Gasteiger partial charge in [0.1, 0.15) is 12.2 Å². The van der Waals surface area contributed by atoms with E-state index >= 15 is 0 Å². The van der Waals surface area contributed by atoms with Crippen molar-refractivity contribution >= 4 is 11.8 Å². The van der Waals surface area contributed by atoms with E-state index in [4.69, 9.17) is 4.74 Å². The van der Waals surface area contributed by atoms with Gasteiger partial charge in [0.2, 0.25) is 0 Å². The maximum absolute atomic E-state index is 11.8. The standard InChI is InChI=1S/C16H22O5/c1-11(14(17)9-15(18)20-3)16(19)12(2)21-10-13-7-5-4-6-8-13/h4-8,11-12,16,19H,9-10H2,1-3H3/t11-,12+,16+/m1/s1. The third-order valence-electron chi connectivity index (χ3n) is 3.40. The highest BCUT2D eigenvalue weighted by Gasteiger charge is 2.28. The largest absolute Gasteiger partial charge is 0.469 e. The second-order valence-electron chi connectivity index (χ2n) is 5.00. The maximum Gasteiger partial charge on any atom is 0.313 e. The highest BCUT2D eigenvalue weighted by atomic mass is 16.5. The van der Waals surface area contributed by atoms with Crippen LogP contribution < -0.4 is 0 Å². The van der Waals surface area contributed by atoms with Crippen LogP contribution in [-0.2, 0) is 25.7 Å². The summed E-state index contributed by atoms with van der Waals surface area (Å²) in [5.74, 6) is -1.64. The average Bonchev–Trinajstić information content (AvgIpc) is 2.51. The molecule has 0 unspecified atom stereocenters. The fourth-order valence-electron chi connectivity index (χ4n) is 1.87. The van der Waals surface area contributed by atoms with E-state index in [9.17, 15) is 14.7 Å². The summed E-state index contributed by atoms with van der Waals surface area (Å²) >= 11 is 0. The molecule has 0 radical (unpaired) electrons. The van der Waals surface area contributed by atoms with E-state index in [1.807, 2.05) is 30.3 Å². The van der Waals surface area contributed by atoms with Crippen LogP contribution in [0.1, 0.15) is 25.8 Å². The van der Waals surface area contributed by atoms with Crippen LogP contribution in [-0.4, -0.2) is 36.2 Å². The van der Waals surface area contributed by atoms with E-state index in [1.54, 1.807) is 13.8 Å². The molecule has 1 N–H and O–H groups in total. The number of aliphatic hydroxyl groups is 1. The zero-order chi connectivity index (χ0) is 15.8. The van der Waals surface area contributed by atoms with Crippen molar-refractivity contribution in [2.24, 2.45) is 5.92 Å². The van der Waals surface area contributed by atoms with E-state index in [2.05, 4.69) is 4.74 Å². The lowest BCUT2D eigenvalue weighted by atomic mass is 9.94. The molecule has 1 aromatic rings. The summed E-state index contributed by atoms with van der Waals surface area (Å²) in [6, 6.07) is 9.57. The monoisotopic (exact) mass is 294 g/mol. The van der Waals surface area contributed by atoms with Crippen molar-refractivity contribution in [3.63, 3.8) is 0 Å². The Balaban J connectivity index is 2.47. The molecule has 116 valence electrons. The normalized spacial score (nSPS) is 15.0. The molecule has 0 aliphatic heterocycles. The second-order valence-corrected chi connectivity index (χ2v) is 5.00. The first kappa shape index (κ1) is 17.3. The van der Waals surface area contributed by atoms with Crippen molar-refractivity contribution in [1.29, 1.82) is 0 Å². The zero-order valence-electron chi connectivity index (χ0n) is 12.6. The molecule has 5 nitrogen and oxygen atoms in total. The number of hydrogen-bond donors (Lipinski definition) is 1. The van der Waals surface area contributed by atoms with Gasteiger partial charge in [0, 0.05) is 5.92 Å². The molecule has 0 aliphatic carbocycles. The van der Waals surface area contributed by atoms with Crippen molar-refractivity contribution in [3.05, 3.63) is 35.9 Å². The Morgan fingerprint density at radius 1 is 1.19 bits per heavy atom. The molecule has 1 rings (SSSR count). The first-order valence-electron chi connectivity index (χ1n) is 6.88. The van der Waals surface area contributed by atoms with Gasteiger partial charge in [0.05, 0.1) is 25.9 Å². The lowest BCUT2D eigenvalue weighted by Crippen LogP contribution is -2.37. The SMILES string of the molecule is COC(=O)CC(=O)[C@@H](C)[C@H](O)[C@H](C)OCc1ccccc1. The molecular weight excluding hydrogens is 272 g/mol. The minimum atomic E-state index is -0.967. The predicted octanol–water partition coefficient (Wildman–Crippen LogP) is 1.72. The number of methoxy groups -OCH3 is 1. The lowest BCUT2D eigenvalue weighted by molar-refractivity contribution is -0.146. The second kappa shape index (κ2) is 8.54. The van der Waals surface area contributed by atoms with Crippen molar-refractivity contribution in [1.82, 2.24) is 0 Å². The molecular formula is C16H22O5. The van der Waals surface area contributed by atoms with Gasteiger partial charge in [-0.05, 0) is 12.5 Å². The molecule has 0 spiro atoms. The van der Waals surface area contributed by atoms with Crippen molar-refractivity contribution < 1.29 is 24.2 Å². The minimum absolute atomic E-state index is 0.333. The fraction of sp³-hybridized carbons (Fsp3) is 0.500. The predicted molar refractivity (Wildman–Crippen MR) is 77.5 cm³/mol. The van der Waals surface area contributed by atoms with Gasteiger partial charge >= 0.3 is 5.97 Å². The first-order valence-corrected chi connectivity index (χ1v) is 6.88. The van der Waals surface area contributed by atoms with Crippen molar-refractivity contribution in [2.75, 3.05) is 7.11 Å². The van der Waals surface area contributed by atoms with Gasteiger partial charge in [-0.2, -0.15) is 0 Å². The molecule has 0 heterocycles. The number of esters is 1. The van der Waals surface area contributed by atoms with Crippen LogP contribution >= 0.6 is 0 Å². The third-order valence-corrected chi connectivity index (χ3v) is 3.40. The molecule has 1 aromatic carbocycles. The van der Waals surface area contributed by atoms with Crippen molar-refractivity contribution in [3.8, 4) is 0 Å². The summed E-state index contributed by atoms with van der Waals surface area (Å²) in [5.41, 5.74) is 0.991. The van der Waals surface area contributed by atoms with E-state index in [1.165, 1.54) is 7.11 Å². The van der Waals surface area contributed by atoms with Gasteiger partial charge in [-0.1, -0.05) is 37.3 Å². The van der Waals surface area contributed by atoms with Gasteiger partial charge in [0.15, 0.2) is 0 Å². The third kappa shape index (κ3) is 5.65. The first-order chi connectivity index (χ1) is 9.95. The number of carbonyl (C=O) groups is 2. The Hall–Kier alpha value is -1.72. The number of aliphatic hydroxyl groups excluding tert-OH is 1. The Bertz CT molecular complexity index is 457. The van der Waals surface area contributed by atoms with E-state index in [0.717, 1.165) is 5.56 Å². The van der Waals surface area contributed by atoms with Crippen LogP contribution in [0.25, 0.3) is 0 Å². The van der Waals surface area contributed by atoms with E-state index < -0.39 is 24.1 Å². The molecule has 21 heavy (non-hydrogen) atoms. The number of ether oxygens (including phenoxy) is 2. The molecule has 0 fully saturated rings. The van der Waals surface area contributed by atoms with Crippen LogP contribution in [0.5, 0.6) is 0 Å². The van der Waals surface area contributed by atoms with Gasteiger partial charge in [-0.15, -0.1) is 0 Å². The molecule has 0 bridgehead atoms. The Morgan fingerprint density at radius 2 is 1.81 bits per heavy atom. The quantitative estimate of drug-likeness (QED) is 0.584. The maximum atomic E-state index is 11.8.